The number of anilines is 1. The molecular formula is C32H24Cl2N2O3S2. The van der Waals surface area contributed by atoms with E-state index in [2.05, 4.69) is 12.1 Å². The minimum Gasteiger partial charge on any atom is -0.289 e. The van der Waals surface area contributed by atoms with Crippen LogP contribution in [0.15, 0.2) is 88.7 Å². The molecule has 5 nitrogen and oxygen atoms in total. The van der Waals surface area contributed by atoms with Crippen LogP contribution in [-0.4, -0.2) is 21.6 Å². The predicted octanol–water partition coefficient (Wildman–Crippen LogP) is 6.94. The maximum Gasteiger partial charge on any atom is 0.308 e. The Hall–Kier alpha value is -2.84. The zero-order valence-corrected chi connectivity index (χ0v) is 24.8. The van der Waals surface area contributed by atoms with Gasteiger partial charge in [0.2, 0.25) is 11.8 Å². The van der Waals surface area contributed by atoms with Gasteiger partial charge in [-0.1, -0.05) is 77.0 Å². The Morgan fingerprint density at radius 3 is 2.10 bits per heavy atom. The van der Waals surface area contributed by atoms with E-state index in [1.807, 2.05) is 47.0 Å². The summed E-state index contributed by atoms with van der Waals surface area (Å²) in [4.78, 5) is 43.8. The topological polar surface area (TPSA) is 59.4 Å². The molecule has 3 aromatic carbocycles. The van der Waals surface area contributed by atoms with Gasteiger partial charge in [0.15, 0.2) is 0 Å². The molecule has 8 rings (SSSR count). The first kappa shape index (κ1) is 25.8. The van der Waals surface area contributed by atoms with E-state index in [-0.39, 0.29) is 57.4 Å². The molecule has 4 aliphatic rings. The van der Waals surface area contributed by atoms with Gasteiger partial charge < -0.3 is 0 Å². The number of amides is 2. The molecule has 0 unspecified atom stereocenters. The Morgan fingerprint density at radius 2 is 1.41 bits per heavy atom. The number of hydrogen-bond acceptors (Lipinski definition) is 5. The standard InChI is InChI=1S/C32H24Cl2N2O3S2/c33-18-8-6-17(7-9-18)23-24-21-14-22(26-25(21)29(37)36(30(26)38)20-12-10-19(34)11-13-20)27(24)40-31-28(23)41-32(39)35(31)15-16-4-2-1-3-5-16/h1-13,21-27H,14-15H2/t21-,22-,23-,24-,25+,26-,27-/m1/s1. The molecule has 1 aromatic heterocycles. The smallest absolute Gasteiger partial charge is 0.289 e. The summed E-state index contributed by atoms with van der Waals surface area (Å²) in [6.45, 7) is 0.505. The van der Waals surface area contributed by atoms with Crippen LogP contribution in [0.4, 0.5) is 5.69 Å². The first-order chi connectivity index (χ1) is 19.9. The number of nitrogens with zero attached hydrogens (tertiary/aromatic N) is 2. The minimum atomic E-state index is -0.343. The minimum absolute atomic E-state index is 0.0268. The predicted molar refractivity (Wildman–Crippen MR) is 163 cm³/mol. The second-order valence-electron chi connectivity index (χ2n) is 11.4. The lowest BCUT2D eigenvalue weighted by atomic mass is 9.68. The highest BCUT2D eigenvalue weighted by molar-refractivity contribution is 8.00. The largest absolute Gasteiger partial charge is 0.308 e. The molecule has 2 bridgehead atoms. The van der Waals surface area contributed by atoms with E-state index in [1.54, 1.807) is 36.0 Å². The molecule has 41 heavy (non-hydrogen) atoms. The molecule has 2 aliphatic carbocycles. The number of halogens is 2. The molecule has 9 heteroatoms. The highest BCUT2D eigenvalue weighted by atomic mass is 35.5. The van der Waals surface area contributed by atoms with Gasteiger partial charge in [-0.25, -0.2) is 0 Å². The molecule has 2 saturated carbocycles. The fourth-order valence-electron chi connectivity index (χ4n) is 7.91. The van der Waals surface area contributed by atoms with Crippen molar-refractivity contribution in [3.8, 4) is 0 Å². The molecule has 2 amide bonds. The highest BCUT2D eigenvalue weighted by Gasteiger charge is 2.69. The average molecular weight is 620 g/mol. The summed E-state index contributed by atoms with van der Waals surface area (Å²) in [6, 6.07) is 24.9. The number of aromatic nitrogens is 1. The molecule has 3 fully saturated rings. The molecule has 2 aliphatic heterocycles. The molecule has 7 atom stereocenters. The van der Waals surface area contributed by atoms with Crippen LogP contribution in [0.5, 0.6) is 0 Å². The fraction of sp³-hybridized carbons (Fsp3) is 0.281. The van der Waals surface area contributed by atoms with Gasteiger partial charge in [-0.15, -0.1) is 11.8 Å². The first-order valence-electron chi connectivity index (χ1n) is 13.7. The zero-order chi connectivity index (χ0) is 28.0. The number of carbonyl (C=O) groups is 2. The number of rotatable bonds is 4. The molecule has 1 saturated heterocycles. The maximum absolute atomic E-state index is 13.9. The fourth-order valence-corrected chi connectivity index (χ4v) is 11.3. The lowest BCUT2D eigenvalue weighted by Gasteiger charge is -2.43. The van der Waals surface area contributed by atoms with E-state index in [0.29, 0.717) is 22.3 Å². The van der Waals surface area contributed by atoms with Crippen molar-refractivity contribution in [3.05, 3.63) is 115 Å². The van der Waals surface area contributed by atoms with Crippen molar-refractivity contribution in [1.29, 1.82) is 0 Å². The van der Waals surface area contributed by atoms with Crippen LogP contribution < -0.4 is 9.77 Å². The number of hydrogen-bond donors (Lipinski definition) is 0. The van der Waals surface area contributed by atoms with Crippen LogP contribution in [0.2, 0.25) is 10.0 Å². The molecule has 0 radical (unpaired) electrons. The van der Waals surface area contributed by atoms with Gasteiger partial charge in [-0.2, -0.15) is 0 Å². The van der Waals surface area contributed by atoms with Crippen molar-refractivity contribution in [2.75, 3.05) is 4.90 Å². The number of fused-ring (bicyclic) bond motifs is 9. The van der Waals surface area contributed by atoms with E-state index in [4.69, 9.17) is 23.2 Å². The summed E-state index contributed by atoms with van der Waals surface area (Å²) in [5.74, 6) is -0.649. The van der Waals surface area contributed by atoms with Crippen molar-refractivity contribution in [1.82, 2.24) is 4.57 Å². The number of benzene rings is 3. The molecule has 0 spiro atoms. The molecule has 0 N–H and O–H groups in total. The van der Waals surface area contributed by atoms with Crippen LogP contribution in [-0.2, 0) is 16.1 Å². The third kappa shape index (κ3) is 3.86. The van der Waals surface area contributed by atoms with Gasteiger partial charge in [-0.05, 0) is 71.7 Å². The highest BCUT2D eigenvalue weighted by Crippen LogP contribution is 2.69. The van der Waals surface area contributed by atoms with Crippen LogP contribution in [0.1, 0.15) is 28.3 Å². The van der Waals surface area contributed by atoms with Crippen molar-refractivity contribution < 1.29 is 9.59 Å². The molecule has 4 aromatic rings. The SMILES string of the molecule is O=C1[C@@H]2[C@H]3C[C@@H]([C@@H]2C(=O)N1c1ccc(Cl)cc1)[C@@H]1[C@@H](c2ccc(Cl)cc2)c2sc(=O)n(Cc4ccccc4)c2S[C@H]31. The van der Waals surface area contributed by atoms with E-state index in [9.17, 15) is 14.4 Å². The third-order valence-electron chi connectivity index (χ3n) is 9.45. The number of thiazole rings is 1. The summed E-state index contributed by atoms with van der Waals surface area (Å²) in [5.41, 5.74) is 2.76. The van der Waals surface area contributed by atoms with Crippen molar-refractivity contribution in [2.24, 2.45) is 29.6 Å². The zero-order valence-electron chi connectivity index (χ0n) is 21.7. The van der Waals surface area contributed by atoms with Gasteiger partial charge in [0, 0.05) is 26.1 Å². The van der Waals surface area contributed by atoms with Crippen LogP contribution in [0, 0.1) is 29.6 Å². The summed E-state index contributed by atoms with van der Waals surface area (Å²) in [7, 11) is 0. The summed E-state index contributed by atoms with van der Waals surface area (Å²) < 4.78 is 1.91. The Balaban J connectivity index is 1.23. The lowest BCUT2D eigenvalue weighted by molar-refractivity contribution is -0.123. The average Bonchev–Trinajstić information content (AvgIpc) is 3.69. The van der Waals surface area contributed by atoms with Gasteiger partial charge >= 0.3 is 4.87 Å². The Morgan fingerprint density at radius 1 is 0.780 bits per heavy atom. The number of carbonyl (C=O) groups excluding carboxylic acids is 2. The second-order valence-corrected chi connectivity index (χ2v) is 14.4. The van der Waals surface area contributed by atoms with Crippen molar-refractivity contribution >= 4 is 63.8 Å². The molecular weight excluding hydrogens is 595 g/mol. The monoisotopic (exact) mass is 618 g/mol. The van der Waals surface area contributed by atoms with E-state index in [0.717, 1.165) is 27.5 Å². The molecule has 206 valence electrons. The van der Waals surface area contributed by atoms with Crippen LogP contribution >= 0.6 is 46.3 Å². The van der Waals surface area contributed by atoms with Crippen LogP contribution in [0.3, 0.4) is 0 Å². The quantitative estimate of drug-likeness (QED) is 0.232. The Kier molecular flexibility index (Phi) is 6.05. The van der Waals surface area contributed by atoms with E-state index in [1.165, 1.54) is 16.2 Å². The Bertz CT molecular complexity index is 1750. The maximum atomic E-state index is 13.9. The first-order valence-corrected chi connectivity index (χ1v) is 16.2. The Labute approximate surface area is 255 Å². The van der Waals surface area contributed by atoms with Crippen LogP contribution in [0.25, 0.3) is 0 Å². The third-order valence-corrected chi connectivity index (χ3v) is 12.7. The van der Waals surface area contributed by atoms with E-state index >= 15 is 0 Å². The number of thioether (sulfide) groups is 1. The molecule has 3 heterocycles. The van der Waals surface area contributed by atoms with Crippen molar-refractivity contribution in [3.63, 3.8) is 0 Å². The van der Waals surface area contributed by atoms with Gasteiger partial charge in [0.05, 0.1) is 29.1 Å². The summed E-state index contributed by atoms with van der Waals surface area (Å²) >= 11 is 15.5. The van der Waals surface area contributed by atoms with Gasteiger partial charge in [-0.3, -0.25) is 23.9 Å². The van der Waals surface area contributed by atoms with Gasteiger partial charge in [0.25, 0.3) is 0 Å². The second kappa shape index (κ2) is 9.60. The lowest BCUT2D eigenvalue weighted by Crippen LogP contribution is -2.43. The summed E-state index contributed by atoms with van der Waals surface area (Å²) in [6.07, 6.45) is 0.853. The number of imide groups is 1. The van der Waals surface area contributed by atoms with Gasteiger partial charge in [0.1, 0.15) is 0 Å². The normalized spacial score (nSPS) is 29.5. The van der Waals surface area contributed by atoms with Crippen molar-refractivity contribution in [2.45, 2.75) is 29.2 Å². The van der Waals surface area contributed by atoms with E-state index < -0.39 is 0 Å². The summed E-state index contributed by atoms with van der Waals surface area (Å²) in [5, 5.41) is 2.36.